The molecule has 2 aromatic carbocycles. The Kier molecular flexibility index (Phi) is 8.17. The maximum Gasteiger partial charge on any atom is 0.330 e. The van der Waals surface area contributed by atoms with E-state index < -0.39 is 54.3 Å². The summed E-state index contributed by atoms with van der Waals surface area (Å²) in [5, 5.41) is 52.0. The summed E-state index contributed by atoms with van der Waals surface area (Å²) in [7, 11) is 0. The molecule has 2 heterocycles. The molecule has 1 fully saturated rings. The molecule has 4 rings (SSSR count). The number of ether oxygens (including phenoxy) is 2. The fourth-order valence-corrected chi connectivity index (χ4v) is 4.47. The average Bonchev–Trinajstić information content (AvgIpc) is 2.86. The Morgan fingerprint density at radius 3 is 2.38 bits per heavy atom. The van der Waals surface area contributed by atoms with Crippen molar-refractivity contribution in [1.82, 2.24) is 0 Å². The highest BCUT2D eigenvalue weighted by molar-refractivity contribution is 5.87. The highest BCUT2D eigenvalue weighted by atomic mass is 16.6. The summed E-state index contributed by atoms with van der Waals surface area (Å²) >= 11 is 0. The zero-order chi connectivity index (χ0) is 28.4. The van der Waals surface area contributed by atoms with Crippen molar-refractivity contribution in [3.05, 3.63) is 75.1 Å². The summed E-state index contributed by atoms with van der Waals surface area (Å²) in [6, 6.07) is 8.49. The van der Waals surface area contributed by atoms with Crippen LogP contribution in [0.4, 0.5) is 0 Å². The van der Waals surface area contributed by atoms with Crippen molar-refractivity contribution in [3.63, 3.8) is 0 Å². The number of phenolic OH excluding ortho intramolecular Hbond substituents is 2. The molecular formula is C28H28O11. The standard InChI is InChI=1S/C28H28O11/c1-13-9-18(31)23(27-22(13)19(32)11-17(38-27)10-14(2)29)28-26(36)25(35)24(34)20(39-28)12-37-21(33)8-5-15-3-6-16(30)7-4-15/h3-9,11,20,24-26,28,30-31,34-36H,10,12H2,1-2H3/b8-5-/t20-,24-,25+,26-,28+/m1/s1. The summed E-state index contributed by atoms with van der Waals surface area (Å²) in [4.78, 5) is 36.7. The van der Waals surface area contributed by atoms with Crippen LogP contribution < -0.4 is 5.43 Å². The normalized spacial score (nSPS) is 23.3. The van der Waals surface area contributed by atoms with Gasteiger partial charge in [0.15, 0.2) is 5.43 Å². The van der Waals surface area contributed by atoms with Gasteiger partial charge in [-0.25, -0.2) is 4.79 Å². The molecule has 1 saturated heterocycles. The number of hydrogen-bond donors (Lipinski definition) is 5. The van der Waals surface area contributed by atoms with E-state index in [0.717, 1.165) is 6.08 Å². The minimum atomic E-state index is -1.78. The van der Waals surface area contributed by atoms with Crippen LogP contribution >= 0.6 is 0 Å². The van der Waals surface area contributed by atoms with Crippen LogP contribution in [0.25, 0.3) is 17.0 Å². The lowest BCUT2D eigenvalue weighted by Crippen LogP contribution is -2.55. The molecule has 39 heavy (non-hydrogen) atoms. The van der Waals surface area contributed by atoms with Gasteiger partial charge in [-0.1, -0.05) is 12.1 Å². The first kappa shape index (κ1) is 28.0. The Morgan fingerprint density at radius 2 is 1.72 bits per heavy atom. The van der Waals surface area contributed by atoms with E-state index in [9.17, 15) is 39.9 Å². The van der Waals surface area contributed by atoms with Gasteiger partial charge in [0.1, 0.15) is 65.8 Å². The van der Waals surface area contributed by atoms with E-state index in [2.05, 4.69) is 0 Å². The van der Waals surface area contributed by atoms with E-state index in [4.69, 9.17) is 13.9 Å². The summed E-state index contributed by atoms with van der Waals surface area (Å²) < 4.78 is 16.8. The predicted octanol–water partition coefficient (Wildman–Crippen LogP) is 1.42. The lowest BCUT2D eigenvalue weighted by atomic mass is 9.89. The smallest absolute Gasteiger partial charge is 0.330 e. The topological polar surface area (TPSA) is 184 Å². The van der Waals surface area contributed by atoms with Crippen LogP contribution in [-0.4, -0.2) is 68.3 Å². The van der Waals surface area contributed by atoms with Gasteiger partial charge in [-0.15, -0.1) is 0 Å². The summed E-state index contributed by atoms with van der Waals surface area (Å²) in [6.07, 6.45) is -5.66. The Hall–Kier alpha value is -4.03. The number of aryl methyl sites for hydroxylation is 1. The molecule has 1 aromatic heterocycles. The number of aliphatic hydroxyl groups excluding tert-OH is 3. The molecular weight excluding hydrogens is 512 g/mol. The number of Topliss-reactive ketones (excluding diaryl/α,β-unsaturated/α-hetero) is 1. The molecule has 0 bridgehead atoms. The van der Waals surface area contributed by atoms with Crippen LogP contribution in [0.5, 0.6) is 11.5 Å². The van der Waals surface area contributed by atoms with Gasteiger partial charge >= 0.3 is 5.97 Å². The number of ketones is 1. The van der Waals surface area contributed by atoms with Crippen molar-refractivity contribution < 1.29 is 49.0 Å². The molecule has 5 N–H and O–H groups in total. The second kappa shape index (κ2) is 11.4. The first-order valence-corrected chi connectivity index (χ1v) is 12.1. The van der Waals surface area contributed by atoms with Crippen LogP contribution in [0.2, 0.25) is 0 Å². The monoisotopic (exact) mass is 540 g/mol. The van der Waals surface area contributed by atoms with Crippen molar-refractivity contribution in [2.75, 3.05) is 6.61 Å². The summed E-state index contributed by atoms with van der Waals surface area (Å²) in [5.41, 5.74) is 0.190. The minimum Gasteiger partial charge on any atom is -0.508 e. The van der Waals surface area contributed by atoms with Gasteiger partial charge in [0.25, 0.3) is 0 Å². The Bertz CT molecular complexity index is 1470. The van der Waals surface area contributed by atoms with Crippen molar-refractivity contribution >= 4 is 28.8 Å². The second-order valence-corrected chi connectivity index (χ2v) is 9.41. The van der Waals surface area contributed by atoms with Gasteiger partial charge in [0.05, 0.1) is 17.4 Å². The molecule has 11 nitrogen and oxygen atoms in total. The molecule has 0 amide bonds. The number of carbonyl (C=O) groups is 2. The molecule has 0 saturated carbocycles. The van der Waals surface area contributed by atoms with Crippen LogP contribution in [0.3, 0.4) is 0 Å². The van der Waals surface area contributed by atoms with Crippen molar-refractivity contribution in [2.45, 2.75) is 50.8 Å². The molecule has 0 unspecified atom stereocenters. The fourth-order valence-electron chi connectivity index (χ4n) is 4.47. The molecule has 0 aliphatic carbocycles. The van der Waals surface area contributed by atoms with Gasteiger partial charge in [-0.05, 0) is 49.2 Å². The van der Waals surface area contributed by atoms with E-state index in [-0.39, 0.29) is 40.2 Å². The van der Waals surface area contributed by atoms with Crippen molar-refractivity contribution in [1.29, 1.82) is 0 Å². The van der Waals surface area contributed by atoms with Crippen LogP contribution in [0.15, 0.2) is 51.7 Å². The predicted molar refractivity (Wildman–Crippen MR) is 137 cm³/mol. The lowest BCUT2D eigenvalue weighted by Gasteiger charge is -2.40. The van der Waals surface area contributed by atoms with Gasteiger partial charge in [0, 0.05) is 12.1 Å². The van der Waals surface area contributed by atoms with Gasteiger partial charge in [-0.3, -0.25) is 9.59 Å². The number of aromatic hydroxyl groups is 2. The third-order valence-corrected chi connectivity index (χ3v) is 6.38. The van der Waals surface area contributed by atoms with E-state index in [0.29, 0.717) is 11.1 Å². The molecule has 0 radical (unpaired) electrons. The van der Waals surface area contributed by atoms with E-state index in [1.165, 1.54) is 37.3 Å². The summed E-state index contributed by atoms with van der Waals surface area (Å²) in [6.45, 7) is 2.36. The molecule has 206 valence electrons. The number of fused-ring (bicyclic) bond motifs is 1. The zero-order valence-electron chi connectivity index (χ0n) is 21.1. The minimum absolute atomic E-state index is 0.0306. The fraction of sp³-hybridized carbons (Fsp3) is 0.321. The van der Waals surface area contributed by atoms with E-state index in [1.807, 2.05) is 0 Å². The number of phenols is 2. The van der Waals surface area contributed by atoms with E-state index >= 15 is 0 Å². The van der Waals surface area contributed by atoms with E-state index in [1.54, 1.807) is 19.1 Å². The summed E-state index contributed by atoms with van der Waals surface area (Å²) in [5.74, 6) is -1.38. The zero-order valence-corrected chi connectivity index (χ0v) is 21.1. The molecule has 11 heteroatoms. The molecule has 5 atom stereocenters. The lowest BCUT2D eigenvalue weighted by molar-refractivity contribution is -0.234. The van der Waals surface area contributed by atoms with Gasteiger partial charge < -0.3 is 39.4 Å². The largest absolute Gasteiger partial charge is 0.508 e. The quantitative estimate of drug-likeness (QED) is 0.216. The number of rotatable bonds is 7. The molecule has 3 aromatic rings. The third-order valence-electron chi connectivity index (χ3n) is 6.38. The average molecular weight is 541 g/mol. The molecule has 1 aliphatic rings. The van der Waals surface area contributed by atoms with Gasteiger partial charge in [0.2, 0.25) is 0 Å². The van der Waals surface area contributed by atoms with Crippen molar-refractivity contribution in [3.8, 4) is 11.5 Å². The molecule has 0 spiro atoms. The number of esters is 1. The first-order chi connectivity index (χ1) is 18.5. The van der Waals surface area contributed by atoms with Crippen LogP contribution in [0.1, 0.15) is 35.5 Å². The number of aliphatic hydroxyl groups is 3. The number of carbonyl (C=O) groups excluding carboxylic acids is 2. The maximum absolute atomic E-state index is 12.8. The Balaban J connectivity index is 1.62. The van der Waals surface area contributed by atoms with Gasteiger partial charge in [-0.2, -0.15) is 0 Å². The Labute approximate surface area is 222 Å². The van der Waals surface area contributed by atoms with Crippen molar-refractivity contribution in [2.24, 2.45) is 0 Å². The maximum atomic E-state index is 12.8. The third kappa shape index (κ3) is 6.02. The van der Waals surface area contributed by atoms with Crippen LogP contribution in [0, 0.1) is 6.92 Å². The molecule has 1 aliphatic heterocycles. The second-order valence-electron chi connectivity index (χ2n) is 9.41. The number of hydrogen-bond acceptors (Lipinski definition) is 11. The highest BCUT2D eigenvalue weighted by Crippen LogP contribution is 2.41. The number of benzene rings is 2. The first-order valence-electron chi connectivity index (χ1n) is 12.1. The van der Waals surface area contributed by atoms with Crippen LogP contribution in [-0.2, 0) is 25.5 Å². The Morgan fingerprint density at radius 1 is 1.03 bits per heavy atom. The SMILES string of the molecule is CC(=O)Cc1cc(=O)c2c(C)cc(O)c([C@@H]3O[C@H](COC(=O)/C=C\c4ccc(O)cc4)[C@@H](O)[C@H](O)[C@H]3O)c2o1. The highest BCUT2D eigenvalue weighted by Gasteiger charge is 2.46.